The van der Waals surface area contributed by atoms with Crippen LogP contribution in [0.4, 0.5) is 13.2 Å². The topological polar surface area (TPSA) is 26.0 Å². The van der Waals surface area contributed by atoms with Gasteiger partial charge in [-0.1, -0.05) is 36.4 Å². The molecule has 0 saturated heterocycles. The number of benzene rings is 2. The molecular weight excluding hydrogens is 295 g/mol. The molecular formula is C16H16F3NS. The molecule has 0 unspecified atom stereocenters. The summed E-state index contributed by atoms with van der Waals surface area (Å²) in [6, 6.07) is 13.9. The van der Waals surface area contributed by atoms with Crippen molar-refractivity contribution in [1.82, 2.24) is 0 Å². The first kappa shape index (κ1) is 15.9. The van der Waals surface area contributed by atoms with Crippen molar-refractivity contribution in [2.75, 3.05) is 6.54 Å². The van der Waals surface area contributed by atoms with E-state index in [2.05, 4.69) is 0 Å². The van der Waals surface area contributed by atoms with Gasteiger partial charge in [0.2, 0.25) is 0 Å². The van der Waals surface area contributed by atoms with Gasteiger partial charge in [0.05, 0.1) is 5.56 Å². The van der Waals surface area contributed by atoms with Crippen LogP contribution >= 0.6 is 11.8 Å². The normalized spacial score (nSPS) is 11.6. The highest BCUT2D eigenvalue weighted by Crippen LogP contribution is 2.38. The van der Waals surface area contributed by atoms with Crippen LogP contribution in [0.5, 0.6) is 0 Å². The maximum atomic E-state index is 13.1. The molecule has 1 nitrogen and oxygen atoms in total. The highest BCUT2D eigenvalue weighted by Gasteiger charge is 2.33. The van der Waals surface area contributed by atoms with Crippen LogP contribution in [0.3, 0.4) is 0 Å². The number of hydrogen-bond acceptors (Lipinski definition) is 2. The molecule has 5 heteroatoms. The lowest BCUT2D eigenvalue weighted by Gasteiger charge is -2.14. The van der Waals surface area contributed by atoms with E-state index in [4.69, 9.17) is 5.73 Å². The Hall–Kier alpha value is -1.46. The molecule has 0 aliphatic heterocycles. The summed E-state index contributed by atoms with van der Waals surface area (Å²) < 4.78 is 39.4. The van der Waals surface area contributed by atoms with E-state index in [-0.39, 0.29) is 4.90 Å². The van der Waals surface area contributed by atoms with E-state index in [0.29, 0.717) is 24.3 Å². The first-order valence-electron chi connectivity index (χ1n) is 6.57. The monoisotopic (exact) mass is 311 g/mol. The molecule has 0 radical (unpaired) electrons. The van der Waals surface area contributed by atoms with Gasteiger partial charge in [0.25, 0.3) is 0 Å². The molecule has 2 N–H and O–H groups in total. The third kappa shape index (κ3) is 4.51. The quantitative estimate of drug-likeness (QED) is 0.823. The Bertz CT molecular complexity index is 582. The minimum atomic E-state index is -4.34. The summed E-state index contributed by atoms with van der Waals surface area (Å²) in [5.74, 6) is 0.514. The summed E-state index contributed by atoms with van der Waals surface area (Å²) in [6.45, 7) is 0.341. The van der Waals surface area contributed by atoms with E-state index in [0.717, 1.165) is 5.56 Å². The van der Waals surface area contributed by atoms with Gasteiger partial charge in [-0.15, -0.1) is 11.8 Å². The number of hydrogen-bond donors (Lipinski definition) is 1. The molecule has 21 heavy (non-hydrogen) atoms. The molecule has 2 aromatic carbocycles. The van der Waals surface area contributed by atoms with Gasteiger partial charge in [-0.3, -0.25) is 0 Å². The Kier molecular flexibility index (Phi) is 5.31. The summed E-state index contributed by atoms with van der Waals surface area (Å²) >= 11 is 1.20. The van der Waals surface area contributed by atoms with E-state index < -0.39 is 11.7 Å². The summed E-state index contributed by atoms with van der Waals surface area (Å²) in [5.41, 5.74) is 6.45. The Balaban J connectivity index is 2.21. The van der Waals surface area contributed by atoms with Crippen LogP contribution in [0.2, 0.25) is 0 Å². The fourth-order valence-corrected chi connectivity index (χ4v) is 2.99. The Labute approximate surface area is 126 Å². The molecule has 112 valence electrons. The van der Waals surface area contributed by atoms with Crippen LogP contribution in [0.25, 0.3) is 0 Å². The Morgan fingerprint density at radius 1 is 0.952 bits per heavy atom. The highest BCUT2D eigenvalue weighted by molar-refractivity contribution is 7.98. The fourth-order valence-electron chi connectivity index (χ4n) is 1.98. The van der Waals surface area contributed by atoms with Crippen LogP contribution in [0.15, 0.2) is 53.4 Å². The van der Waals surface area contributed by atoms with Crippen LogP contribution in [-0.4, -0.2) is 6.54 Å². The van der Waals surface area contributed by atoms with Gasteiger partial charge >= 0.3 is 6.18 Å². The second kappa shape index (κ2) is 7.00. The second-order valence-corrected chi connectivity index (χ2v) is 5.66. The Morgan fingerprint density at radius 3 is 2.29 bits per heavy atom. The third-order valence-electron chi connectivity index (χ3n) is 3.02. The lowest BCUT2D eigenvalue weighted by atomic mass is 10.1. The van der Waals surface area contributed by atoms with E-state index in [9.17, 15) is 13.2 Å². The molecule has 0 heterocycles. The molecule has 2 aromatic rings. The Morgan fingerprint density at radius 2 is 1.67 bits per heavy atom. The summed E-state index contributed by atoms with van der Waals surface area (Å²) in [4.78, 5) is 0.257. The SMILES string of the molecule is NCCc1ccc(SCc2ccccc2)c(C(F)(F)F)c1. The molecule has 0 aliphatic carbocycles. The molecule has 0 bridgehead atoms. The highest BCUT2D eigenvalue weighted by atomic mass is 32.2. The van der Waals surface area contributed by atoms with Crippen molar-refractivity contribution in [3.05, 3.63) is 65.2 Å². The molecule has 0 aromatic heterocycles. The molecule has 0 atom stereocenters. The zero-order valence-corrected chi connectivity index (χ0v) is 12.2. The maximum absolute atomic E-state index is 13.1. The van der Waals surface area contributed by atoms with Crippen molar-refractivity contribution in [3.63, 3.8) is 0 Å². The van der Waals surface area contributed by atoms with Crippen LogP contribution < -0.4 is 5.73 Å². The summed E-state index contributed by atoms with van der Waals surface area (Å²) in [7, 11) is 0. The van der Waals surface area contributed by atoms with Gasteiger partial charge < -0.3 is 5.73 Å². The van der Waals surface area contributed by atoms with Gasteiger partial charge in [-0.25, -0.2) is 0 Å². The molecule has 2 rings (SSSR count). The van der Waals surface area contributed by atoms with Crippen LogP contribution in [0.1, 0.15) is 16.7 Å². The standard InChI is InChI=1S/C16H16F3NS/c17-16(18,19)14-10-12(8-9-20)6-7-15(14)21-11-13-4-2-1-3-5-13/h1-7,10H,8-9,11,20H2. The van der Waals surface area contributed by atoms with Crippen LogP contribution in [-0.2, 0) is 18.3 Å². The fraction of sp³-hybridized carbons (Fsp3) is 0.250. The van der Waals surface area contributed by atoms with Gasteiger partial charge in [0.15, 0.2) is 0 Å². The van der Waals surface area contributed by atoms with E-state index in [1.165, 1.54) is 17.8 Å². The van der Waals surface area contributed by atoms with Crippen molar-refractivity contribution >= 4 is 11.8 Å². The molecule has 0 fully saturated rings. The number of rotatable bonds is 5. The molecule has 0 aliphatic rings. The maximum Gasteiger partial charge on any atom is 0.417 e. The zero-order chi connectivity index (χ0) is 15.3. The number of halogens is 3. The van der Waals surface area contributed by atoms with Crippen molar-refractivity contribution in [3.8, 4) is 0 Å². The lowest BCUT2D eigenvalue weighted by molar-refractivity contribution is -0.139. The van der Waals surface area contributed by atoms with Crippen LogP contribution in [0, 0.1) is 0 Å². The van der Waals surface area contributed by atoms with Gasteiger partial charge in [-0.2, -0.15) is 13.2 Å². The van der Waals surface area contributed by atoms with Crippen molar-refractivity contribution in [2.24, 2.45) is 5.73 Å². The van der Waals surface area contributed by atoms with Crippen molar-refractivity contribution in [1.29, 1.82) is 0 Å². The largest absolute Gasteiger partial charge is 0.417 e. The molecule has 0 amide bonds. The number of thioether (sulfide) groups is 1. The second-order valence-electron chi connectivity index (χ2n) is 4.64. The smallest absolute Gasteiger partial charge is 0.330 e. The average molecular weight is 311 g/mol. The van der Waals surface area contributed by atoms with E-state index in [1.807, 2.05) is 30.3 Å². The van der Waals surface area contributed by atoms with Gasteiger partial charge in [-0.05, 0) is 36.2 Å². The third-order valence-corrected chi connectivity index (χ3v) is 4.16. The average Bonchev–Trinajstić information content (AvgIpc) is 2.46. The van der Waals surface area contributed by atoms with Crippen molar-refractivity contribution in [2.45, 2.75) is 23.2 Å². The molecule has 0 saturated carbocycles. The number of nitrogens with two attached hydrogens (primary N) is 1. The zero-order valence-electron chi connectivity index (χ0n) is 11.4. The van der Waals surface area contributed by atoms with Gasteiger partial charge in [0.1, 0.15) is 0 Å². The molecule has 0 spiro atoms. The summed E-state index contributed by atoms with van der Waals surface area (Å²) in [6.07, 6.45) is -3.89. The predicted octanol–water partition coefficient (Wildman–Crippen LogP) is 4.50. The minimum absolute atomic E-state index is 0.257. The van der Waals surface area contributed by atoms with E-state index in [1.54, 1.807) is 12.1 Å². The minimum Gasteiger partial charge on any atom is -0.330 e. The first-order valence-corrected chi connectivity index (χ1v) is 7.56. The van der Waals surface area contributed by atoms with Gasteiger partial charge in [0, 0.05) is 10.6 Å². The predicted molar refractivity (Wildman–Crippen MR) is 80.2 cm³/mol. The van der Waals surface area contributed by atoms with Crippen molar-refractivity contribution < 1.29 is 13.2 Å². The number of alkyl halides is 3. The first-order chi connectivity index (χ1) is 10.0. The lowest BCUT2D eigenvalue weighted by Crippen LogP contribution is -2.09. The van der Waals surface area contributed by atoms with E-state index >= 15 is 0 Å². The summed E-state index contributed by atoms with van der Waals surface area (Å²) in [5, 5.41) is 0.